The number of para-hydroxylation sites is 2. The highest BCUT2D eigenvalue weighted by Gasteiger charge is 2.33. The number of hydrogen-bond acceptors (Lipinski definition) is 4. The van der Waals surface area contributed by atoms with E-state index in [2.05, 4.69) is 45.0 Å². The van der Waals surface area contributed by atoms with Gasteiger partial charge in [0.2, 0.25) is 0 Å². The van der Waals surface area contributed by atoms with Crippen molar-refractivity contribution in [3.63, 3.8) is 0 Å². The molecule has 4 aromatic rings. The van der Waals surface area contributed by atoms with Crippen molar-refractivity contribution < 1.29 is 4.79 Å². The zero-order valence-corrected chi connectivity index (χ0v) is 22.0. The number of anilines is 2. The van der Waals surface area contributed by atoms with Gasteiger partial charge in [-0.2, -0.15) is 0 Å². The molecule has 0 aromatic heterocycles. The Balaban J connectivity index is 1.42. The Bertz CT molecular complexity index is 1260. The monoisotopic (exact) mass is 529 g/mol. The minimum absolute atomic E-state index is 0.0245. The van der Waals surface area contributed by atoms with E-state index in [4.69, 9.17) is 23.2 Å². The molecule has 6 heteroatoms. The van der Waals surface area contributed by atoms with Crippen LogP contribution in [0.1, 0.15) is 17.2 Å². The van der Waals surface area contributed by atoms with Crippen LogP contribution in [0.3, 0.4) is 0 Å². The van der Waals surface area contributed by atoms with Crippen molar-refractivity contribution in [1.29, 1.82) is 0 Å². The second-order valence-corrected chi connectivity index (χ2v) is 9.90. The SMILES string of the molecule is O=CC(N1CCN(C(c2ccccc2)c2cccc(Cl)c2Cl)CC1)N(c1ccccc1)c1ccccc1. The van der Waals surface area contributed by atoms with Crippen LogP contribution < -0.4 is 4.90 Å². The van der Waals surface area contributed by atoms with Crippen LogP contribution in [0.15, 0.2) is 109 Å². The molecule has 5 rings (SSSR count). The summed E-state index contributed by atoms with van der Waals surface area (Å²) < 4.78 is 0. The number of nitrogens with zero attached hydrogens (tertiary/aromatic N) is 3. The molecule has 0 spiro atoms. The van der Waals surface area contributed by atoms with Gasteiger partial charge in [-0.25, -0.2) is 0 Å². The van der Waals surface area contributed by atoms with Crippen LogP contribution in [0.5, 0.6) is 0 Å². The number of piperazine rings is 1. The smallest absolute Gasteiger partial charge is 0.157 e. The van der Waals surface area contributed by atoms with Crippen LogP contribution in [0.2, 0.25) is 10.0 Å². The van der Waals surface area contributed by atoms with Gasteiger partial charge < -0.3 is 4.90 Å². The molecule has 4 aromatic carbocycles. The summed E-state index contributed by atoms with van der Waals surface area (Å²) >= 11 is 13.1. The molecule has 1 heterocycles. The van der Waals surface area contributed by atoms with Gasteiger partial charge in [0, 0.05) is 37.6 Å². The van der Waals surface area contributed by atoms with E-state index in [-0.39, 0.29) is 6.04 Å². The Kier molecular flexibility index (Phi) is 8.22. The fourth-order valence-electron chi connectivity index (χ4n) is 5.16. The summed E-state index contributed by atoms with van der Waals surface area (Å²) in [4.78, 5) is 19.4. The van der Waals surface area contributed by atoms with Gasteiger partial charge in [-0.3, -0.25) is 14.6 Å². The lowest BCUT2D eigenvalue weighted by Crippen LogP contribution is -2.56. The zero-order valence-electron chi connectivity index (χ0n) is 20.5. The predicted molar refractivity (Wildman–Crippen MR) is 153 cm³/mol. The molecular weight excluding hydrogens is 501 g/mol. The molecule has 0 amide bonds. The van der Waals surface area contributed by atoms with Crippen molar-refractivity contribution in [2.45, 2.75) is 12.2 Å². The highest BCUT2D eigenvalue weighted by molar-refractivity contribution is 6.42. The van der Waals surface area contributed by atoms with Crippen molar-refractivity contribution in [2.24, 2.45) is 0 Å². The van der Waals surface area contributed by atoms with Crippen molar-refractivity contribution >= 4 is 40.9 Å². The van der Waals surface area contributed by atoms with Gasteiger partial charge in [0.1, 0.15) is 6.17 Å². The molecular formula is C31H29Cl2N3O. The Morgan fingerprint density at radius 3 is 1.70 bits per heavy atom. The Labute approximate surface area is 228 Å². The van der Waals surface area contributed by atoms with E-state index in [1.165, 1.54) is 5.56 Å². The molecule has 4 nitrogen and oxygen atoms in total. The number of benzene rings is 4. The largest absolute Gasteiger partial charge is 0.318 e. The molecule has 1 aliphatic heterocycles. The lowest BCUT2D eigenvalue weighted by molar-refractivity contribution is -0.113. The van der Waals surface area contributed by atoms with Crippen LogP contribution in [-0.4, -0.2) is 48.4 Å². The molecule has 0 N–H and O–H groups in total. The number of aldehydes is 1. The minimum atomic E-state index is -0.420. The van der Waals surface area contributed by atoms with Gasteiger partial charge in [-0.1, -0.05) is 102 Å². The maximum Gasteiger partial charge on any atom is 0.157 e. The second-order valence-electron chi connectivity index (χ2n) is 9.12. The van der Waals surface area contributed by atoms with Crippen LogP contribution >= 0.6 is 23.2 Å². The summed E-state index contributed by atoms with van der Waals surface area (Å²) in [7, 11) is 0. The fourth-order valence-corrected chi connectivity index (χ4v) is 5.57. The first kappa shape index (κ1) is 25.5. The van der Waals surface area contributed by atoms with E-state index < -0.39 is 6.17 Å². The predicted octanol–water partition coefficient (Wildman–Crippen LogP) is 7.06. The van der Waals surface area contributed by atoms with E-state index in [9.17, 15) is 4.79 Å². The Morgan fingerprint density at radius 2 is 1.16 bits per heavy atom. The molecule has 0 bridgehead atoms. The fraction of sp³-hybridized carbons (Fsp3) is 0.194. The van der Waals surface area contributed by atoms with Gasteiger partial charge in [-0.05, 0) is 41.5 Å². The zero-order chi connectivity index (χ0) is 25.6. The molecule has 188 valence electrons. The third-order valence-electron chi connectivity index (χ3n) is 6.93. The van der Waals surface area contributed by atoms with Crippen LogP contribution in [0.25, 0.3) is 0 Å². The number of carbonyl (C=O) groups excluding carboxylic acids is 1. The maximum absolute atomic E-state index is 12.6. The number of carbonyl (C=O) groups is 1. The van der Waals surface area contributed by atoms with Crippen molar-refractivity contribution in [1.82, 2.24) is 9.80 Å². The quantitative estimate of drug-likeness (QED) is 0.228. The highest BCUT2D eigenvalue weighted by atomic mass is 35.5. The first-order chi connectivity index (χ1) is 18.2. The minimum Gasteiger partial charge on any atom is -0.318 e. The standard InChI is InChI=1S/C31H29Cl2N3O/c32-28-18-10-17-27(30(28)33)31(24-11-4-1-5-12-24)35-21-19-34(20-22-35)29(23-37)36(25-13-6-2-7-14-25)26-15-8-3-9-16-26/h1-18,23,29,31H,19-22H2. The highest BCUT2D eigenvalue weighted by Crippen LogP contribution is 2.37. The lowest BCUT2D eigenvalue weighted by atomic mass is 9.96. The average Bonchev–Trinajstić information content (AvgIpc) is 2.96. The van der Waals surface area contributed by atoms with Crippen molar-refractivity contribution in [3.8, 4) is 0 Å². The van der Waals surface area contributed by atoms with E-state index >= 15 is 0 Å². The summed E-state index contributed by atoms with van der Waals surface area (Å²) in [6, 6.07) is 36.4. The molecule has 1 fully saturated rings. The number of hydrogen-bond donors (Lipinski definition) is 0. The molecule has 2 atom stereocenters. The number of halogens is 2. The van der Waals surface area contributed by atoms with Gasteiger partial charge in [0.05, 0.1) is 16.1 Å². The molecule has 1 aliphatic rings. The van der Waals surface area contributed by atoms with Gasteiger partial charge >= 0.3 is 0 Å². The Morgan fingerprint density at radius 1 is 0.649 bits per heavy atom. The first-order valence-electron chi connectivity index (χ1n) is 12.5. The summed E-state index contributed by atoms with van der Waals surface area (Å²) in [6.45, 7) is 3.04. The molecule has 0 saturated carbocycles. The molecule has 0 aliphatic carbocycles. The summed E-state index contributed by atoms with van der Waals surface area (Å²) in [5.74, 6) is 0. The topological polar surface area (TPSA) is 26.8 Å². The molecule has 2 unspecified atom stereocenters. The second kappa shape index (κ2) is 11.9. The summed E-state index contributed by atoms with van der Waals surface area (Å²) in [5, 5.41) is 1.15. The average molecular weight is 530 g/mol. The third kappa shape index (κ3) is 5.58. The molecule has 0 radical (unpaired) electrons. The summed E-state index contributed by atoms with van der Waals surface area (Å²) in [6.07, 6.45) is 0.634. The van der Waals surface area contributed by atoms with E-state index in [1.54, 1.807) is 0 Å². The van der Waals surface area contributed by atoms with Crippen LogP contribution in [-0.2, 0) is 4.79 Å². The van der Waals surface area contributed by atoms with Crippen molar-refractivity contribution in [2.75, 3.05) is 31.1 Å². The van der Waals surface area contributed by atoms with Gasteiger partial charge in [0.15, 0.2) is 6.29 Å². The van der Waals surface area contributed by atoms with Gasteiger partial charge in [0.25, 0.3) is 0 Å². The van der Waals surface area contributed by atoms with Crippen LogP contribution in [0, 0.1) is 0 Å². The molecule has 1 saturated heterocycles. The van der Waals surface area contributed by atoms with E-state index in [1.807, 2.05) is 78.9 Å². The van der Waals surface area contributed by atoms with E-state index in [0.717, 1.165) is 49.4 Å². The third-order valence-corrected chi connectivity index (χ3v) is 7.77. The van der Waals surface area contributed by atoms with Crippen LogP contribution in [0.4, 0.5) is 11.4 Å². The maximum atomic E-state index is 12.6. The van der Waals surface area contributed by atoms with Gasteiger partial charge in [-0.15, -0.1) is 0 Å². The molecule has 37 heavy (non-hydrogen) atoms. The first-order valence-corrected chi connectivity index (χ1v) is 13.2. The lowest BCUT2D eigenvalue weighted by Gasteiger charge is -2.44. The van der Waals surface area contributed by atoms with E-state index in [0.29, 0.717) is 10.0 Å². The van der Waals surface area contributed by atoms with Crippen molar-refractivity contribution in [3.05, 3.63) is 130 Å². The normalized spacial score (nSPS) is 16.2. The summed E-state index contributed by atoms with van der Waals surface area (Å²) in [5.41, 5.74) is 4.14. The Hall–Kier alpha value is -3.15. The number of rotatable bonds is 8.